The van der Waals surface area contributed by atoms with E-state index in [4.69, 9.17) is 21.1 Å². The van der Waals surface area contributed by atoms with E-state index >= 15 is 0 Å². The Balaban J connectivity index is 1.45. The highest BCUT2D eigenvalue weighted by Gasteiger charge is 2.74. The first-order chi connectivity index (χ1) is 22.3. The highest BCUT2D eigenvalue weighted by atomic mass is 79.9. The summed E-state index contributed by atoms with van der Waals surface area (Å²) < 4.78 is 12.8. The predicted molar refractivity (Wildman–Crippen MR) is 174 cm³/mol. The minimum absolute atomic E-state index is 0.0632. The normalized spacial score (nSPS) is 30.6. The number of carbonyl (C=O) groups excluding carboxylic acids is 4. The molecule has 0 aliphatic carbocycles. The molecular weight excluding hydrogens is 678 g/mol. The Morgan fingerprint density at radius 2 is 1.76 bits per heavy atom. The number of nitrogens with zero attached hydrogens (tertiary/aromatic N) is 2. The number of likely N-dealkylation sites (tertiary alicyclic amines) is 1. The van der Waals surface area contributed by atoms with Gasteiger partial charge in [-0.3, -0.25) is 19.2 Å². The largest absolute Gasteiger partial charge is 0.463 e. The lowest BCUT2D eigenvalue weighted by Crippen LogP contribution is -2.56. The number of esters is 1. The van der Waals surface area contributed by atoms with Crippen molar-refractivity contribution in [2.75, 3.05) is 31.2 Å². The summed E-state index contributed by atoms with van der Waals surface area (Å²) >= 11 is 10.2. The van der Waals surface area contributed by atoms with Crippen LogP contribution < -0.4 is 10.2 Å². The number of carbonyl (C=O) groups is 4. The quantitative estimate of drug-likeness (QED) is 0.263. The molecule has 4 aliphatic heterocycles. The number of para-hydroxylation sites is 1. The molecule has 6 rings (SSSR count). The van der Waals surface area contributed by atoms with Gasteiger partial charge in [-0.2, -0.15) is 0 Å². The summed E-state index contributed by atoms with van der Waals surface area (Å²) in [6, 6.07) is 14.4. The Kier molecular flexibility index (Phi) is 9.65. The van der Waals surface area contributed by atoms with Gasteiger partial charge >= 0.3 is 5.97 Å². The van der Waals surface area contributed by atoms with Crippen LogP contribution in [0.2, 0.25) is 5.02 Å². The van der Waals surface area contributed by atoms with Gasteiger partial charge in [0.05, 0.1) is 28.6 Å². The molecule has 2 fully saturated rings. The summed E-state index contributed by atoms with van der Waals surface area (Å²) in [5, 5.41) is 12.9. The fourth-order valence-corrected chi connectivity index (χ4v) is 7.95. The molecule has 3 amide bonds. The molecule has 2 N–H and O–H groups in total. The van der Waals surface area contributed by atoms with Crippen molar-refractivity contribution in [3.8, 4) is 0 Å². The van der Waals surface area contributed by atoms with Crippen molar-refractivity contribution in [1.29, 1.82) is 0 Å². The van der Waals surface area contributed by atoms with Crippen LogP contribution in [0.1, 0.15) is 37.3 Å². The molecule has 0 saturated carbocycles. The third kappa shape index (κ3) is 5.90. The molecular formula is C34H35BrClN3O7. The van der Waals surface area contributed by atoms with E-state index in [1.54, 1.807) is 42.5 Å². The molecule has 12 heteroatoms. The van der Waals surface area contributed by atoms with Crippen LogP contribution in [0.5, 0.6) is 0 Å². The zero-order valence-corrected chi connectivity index (χ0v) is 27.4. The van der Waals surface area contributed by atoms with Crippen LogP contribution in [0.3, 0.4) is 0 Å². The maximum Gasteiger partial charge on any atom is 0.306 e. The molecule has 2 aromatic rings. The maximum atomic E-state index is 14.8. The number of benzene rings is 2. The van der Waals surface area contributed by atoms with Gasteiger partial charge in [-0.05, 0) is 43.0 Å². The Hall–Kier alpha value is -3.51. The molecule has 4 heterocycles. The first-order valence-electron chi connectivity index (χ1n) is 15.5. The van der Waals surface area contributed by atoms with E-state index in [9.17, 15) is 24.3 Å². The van der Waals surface area contributed by atoms with Crippen LogP contribution >= 0.6 is 27.5 Å². The number of aliphatic hydroxyl groups excluding tert-OH is 1. The maximum absolute atomic E-state index is 14.8. The number of allylic oxidation sites excluding steroid dienone is 1. The van der Waals surface area contributed by atoms with Crippen molar-refractivity contribution in [3.63, 3.8) is 0 Å². The van der Waals surface area contributed by atoms with Gasteiger partial charge in [-0.15, -0.1) is 0 Å². The van der Waals surface area contributed by atoms with Gasteiger partial charge in [0, 0.05) is 30.6 Å². The second-order valence-corrected chi connectivity index (χ2v) is 13.2. The lowest BCUT2D eigenvalue weighted by molar-refractivity contribution is -0.145. The second kappa shape index (κ2) is 13.7. The second-order valence-electron chi connectivity index (χ2n) is 11.9. The number of rotatable bonds is 6. The number of hydrogen-bond acceptors (Lipinski definition) is 7. The van der Waals surface area contributed by atoms with Gasteiger partial charge in [0.15, 0.2) is 0 Å². The number of fused-ring (bicyclic) bond motifs is 2. The zero-order chi connectivity index (χ0) is 32.4. The van der Waals surface area contributed by atoms with Crippen molar-refractivity contribution in [1.82, 2.24) is 10.2 Å². The molecule has 0 unspecified atom stereocenters. The average Bonchev–Trinajstić information content (AvgIpc) is 3.64. The van der Waals surface area contributed by atoms with Gasteiger partial charge in [-0.25, -0.2) is 0 Å². The van der Waals surface area contributed by atoms with Gasteiger partial charge in [0.2, 0.25) is 11.8 Å². The first-order valence-corrected chi connectivity index (χ1v) is 16.6. The minimum Gasteiger partial charge on any atom is -0.463 e. The molecule has 10 nitrogen and oxygen atoms in total. The Morgan fingerprint density at radius 1 is 1.00 bits per heavy atom. The summed E-state index contributed by atoms with van der Waals surface area (Å²) in [5.74, 6) is -3.60. The Labute approximate surface area is 280 Å². The molecule has 1 spiro atoms. The average molecular weight is 713 g/mol. The fraction of sp³-hybridized carbons (Fsp3) is 0.412. The molecule has 0 aromatic heterocycles. The van der Waals surface area contributed by atoms with E-state index in [1.807, 2.05) is 30.3 Å². The molecule has 2 saturated heterocycles. The number of unbranched alkanes of at least 4 members (excludes halogenated alkanes) is 1. The smallest absolute Gasteiger partial charge is 0.306 e. The highest BCUT2D eigenvalue weighted by Crippen LogP contribution is 2.59. The van der Waals surface area contributed by atoms with E-state index in [-0.39, 0.29) is 38.6 Å². The Morgan fingerprint density at radius 3 is 2.52 bits per heavy atom. The third-order valence-corrected chi connectivity index (χ3v) is 10.1. The van der Waals surface area contributed by atoms with E-state index < -0.39 is 53.4 Å². The van der Waals surface area contributed by atoms with E-state index in [2.05, 4.69) is 21.2 Å². The number of aliphatic hydroxyl groups is 1. The predicted octanol–water partition coefficient (Wildman–Crippen LogP) is 4.07. The van der Waals surface area contributed by atoms with Crippen LogP contribution in [0.15, 0.2) is 77.3 Å². The number of ether oxygens (including phenoxy) is 2. The van der Waals surface area contributed by atoms with Crippen molar-refractivity contribution in [2.45, 2.75) is 49.5 Å². The summed E-state index contributed by atoms with van der Waals surface area (Å²) in [4.78, 5) is 59.2. The van der Waals surface area contributed by atoms with Crippen LogP contribution in [0, 0.1) is 11.8 Å². The number of anilines is 1. The molecule has 0 radical (unpaired) electrons. The number of amides is 3. The zero-order valence-electron chi connectivity index (χ0n) is 25.0. The molecule has 5 bridgehead atoms. The topological polar surface area (TPSA) is 125 Å². The van der Waals surface area contributed by atoms with Crippen LogP contribution in [-0.2, 0) is 28.7 Å². The van der Waals surface area contributed by atoms with Gasteiger partial charge < -0.3 is 29.7 Å². The van der Waals surface area contributed by atoms with E-state index in [1.165, 1.54) is 9.80 Å². The summed E-state index contributed by atoms with van der Waals surface area (Å²) in [6.45, 7) is 0.150. The lowest BCUT2D eigenvalue weighted by atomic mass is 9.74. The Bertz CT molecular complexity index is 1570. The summed E-state index contributed by atoms with van der Waals surface area (Å²) in [6.07, 6.45) is 5.93. The lowest BCUT2D eigenvalue weighted by Gasteiger charge is -2.36. The third-order valence-electron chi connectivity index (χ3n) is 9.08. The summed E-state index contributed by atoms with van der Waals surface area (Å²) in [7, 11) is 0. The van der Waals surface area contributed by atoms with Gasteiger partial charge in [-0.1, -0.05) is 82.1 Å². The van der Waals surface area contributed by atoms with Crippen molar-refractivity contribution in [2.24, 2.45) is 11.8 Å². The highest BCUT2D eigenvalue weighted by molar-refractivity contribution is 9.11. The van der Waals surface area contributed by atoms with Gasteiger partial charge in [0.25, 0.3) is 5.91 Å². The number of nitrogens with one attached hydrogen (secondary N) is 1. The SMILES string of the molecule is O=C1CC/C=C\CN(c2ccccc2Cl)C(=O)[C@H]2N(CCCCO)C(=O)[C@@H]3[C@@H](C(=O)N[C@@H](c4ccccc4)CO1)[C@@H]1O[C@@]32C=C1Br. The number of cyclic esters (lactones) is 1. The molecule has 6 atom stereocenters. The summed E-state index contributed by atoms with van der Waals surface area (Å²) in [5.41, 5.74) is -0.235. The van der Waals surface area contributed by atoms with Crippen LogP contribution in [0.4, 0.5) is 5.69 Å². The fourth-order valence-electron chi connectivity index (χ4n) is 6.98. The van der Waals surface area contributed by atoms with E-state index in [0.717, 1.165) is 5.56 Å². The first kappa shape index (κ1) is 32.4. The number of hydrogen-bond donors (Lipinski definition) is 2. The van der Waals surface area contributed by atoms with Crippen LogP contribution in [-0.4, -0.2) is 77.7 Å². The van der Waals surface area contributed by atoms with E-state index in [0.29, 0.717) is 34.5 Å². The standard InChI is InChI=1S/C34H35BrClN3O7/c35-22-19-34-28-27(29(22)46-34)31(42)37-24(21-11-3-1-4-12-21)20-45-26(41)15-5-2-8-16-38(25-14-7-6-13-23(25)36)33(44)30(34)39(32(28)43)17-9-10-18-40/h1-4,6-8,11-14,19,24,27-30,40H,5,9-10,15-18,20H2,(H,37,42)/b8-2-/t24-,27-,28+,29-,30-,34+/m1/s1. The molecule has 46 heavy (non-hydrogen) atoms. The van der Waals surface area contributed by atoms with Crippen LogP contribution in [0.25, 0.3) is 0 Å². The molecule has 2 aromatic carbocycles. The van der Waals surface area contributed by atoms with Crippen molar-refractivity contribution < 1.29 is 33.8 Å². The minimum atomic E-state index is -1.43. The van der Waals surface area contributed by atoms with Crippen molar-refractivity contribution >= 4 is 56.9 Å². The monoisotopic (exact) mass is 711 g/mol. The van der Waals surface area contributed by atoms with Gasteiger partial charge in [0.1, 0.15) is 24.4 Å². The van der Waals surface area contributed by atoms with Crippen molar-refractivity contribution in [3.05, 3.63) is 87.9 Å². The molecule has 242 valence electrons. The number of halogens is 2. The molecule has 4 aliphatic rings.